The number of aromatic nitrogens is 1. The number of amides is 3. The molecule has 1 aliphatic heterocycles. The number of urea groups is 1. The fourth-order valence-electron chi connectivity index (χ4n) is 4.88. The maximum Gasteiger partial charge on any atom is 0.416 e. The number of halogens is 3. The Bertz CT molecular complexity index is 1640. The van der Waals surface area contributed by atoms with Gasteiger partial charge in [0.2, 0.25) is 0 Å². The van der Waals surface area contributed by atoms with Gasteiger partial charge >= 0.3 is 12.2 Å². The molecule has 0 spiro atoms. The first-order chi connectivity index (χ1) is 21.0. The number of likely N-dealkylation sites (N-methyl/N-ethyl adjacent to an activating group) is 1. The van der Waals surface area contributed by atoms with E-state index in [1.807, 2.05) is 6.92 Å². The summed E-state index contributed by atoms with van der Waals surface area (Å²) in [7, 11) is -2.64. The fourth-order valence-corrected chi connectivity index (χ4v) is 6.26. The van der Waals surface area contributed by atoms with Gasteiger partial charge in [0.15, 0.2) is 10.7 Å². The lowest BCUT2D eigenvalue weighted by Crippen LogP contribution is -2.50. The first kappa shape index (κ1) is 33.6. The summed E-state index contributed by atoms with van der Waals surface area (Å²) in [5.74, 6) is -0.626. The van der Waals surface area contributed by atoms with Gasteiger partial charge in [-0.15, -0.1) is 0 Å². The summed E-state index contributed by atoms with van der Waals surface area (Å²) in [5.41, 5.74) is -0.419. The molecule has 4 rings (SSSR count). The third-order valence-electron chi connectivity index (χ3n) is 7.42. The van der Waals surface area contributed by atoms with E-state index in [1.165, 1.54) is 48.9 Å². The first-order valence-electron chi connectivity index (χ1n) is 13.9. The number of aryl methyl sites for hydroxylation is 2. The van der Waals surface area contributed by atoms with Crippen LogP contribution in [0, 0.1) is 19.8 Å². The van der Waals surface area contributed by atoms with Gasteiger partial charge in [0.25, 0.3) is 15.9 Å². The summed E-state index contributed by atoms with van der Waals surface area (Å²) in [6.45, 7) is 6.23. The van der Waals surface area contributed by atoms with E-state index in [4.69, 9.17) is 9.26 Å². The number of ether oxygens (including phenoxy) is 1. The monoisotopic (exact) mass is 653 g/mol. The number of hydrogen-bond donors (Lipinski definition) is 3. The number of nitrogens with zero attached hydrogens (tertiary/aromatic N) is 3. The highest BCUT2D eigenvalue weighted by molar-refractivity contribution is 7.92. The molecule has 0 saturated carbocycles. The molecule has 1 aromatic heterocycles. The van der Waals surface area contributed by atoms with E-state index in [-0.39, 0.29) is 64.7 Å². The minimum atomic E-state index is -4.51. The largest absolute Gasteiger partial charge is 0.487 e. The Kier molecular flexibility index (Phi) is 9.68. The zero-order valence-corrected chi connectivity index (χ0v) is 26.0. The maximum absolute atomic E-state index is 13.7. The van der Waals surface area contributed by atoms with Crippen LogP contribution in [0.4, 0.5) is 29.3 Å². The van der Waals surface area contributed by atoms with Gasteiger partial charge in [-0.2, -0.15) is 13.2 Å². The highest BCUT2D eigenvalue weighted by Gasteiger charge is 2.35. The number of nitrogens with one attached hydrogen (secondary N) is 2. The third-order valence-corrected chi connectivity index (χ3v) is 9.04. The number of carbonyl (C=O) groups excluding carboxylic acids is 2. The summed E-state index contributed by atoms with van der Waals surface area (Å²) >= 11 is 0. The van der Waals surface area contributed by atoms with Crippen molar-refractivity contribution >= 4 is 33.3 Å². The second kappa shape index (κ2) is 13.0. The number of alkyl halides is 3. The van der Waals surface area contributed by atoms with E-state index < -0.39 is 45.8 Å². The van der Waals surface area contributed by atoms with Crippen molar-refractivity contribution in [1.82, 2.24) is 15.0 Å². The molecule has 16 heteroatoms. The molecule has 2 aromatic carbocycles. The minimum absolute atomic E-state index is 0.0169. The Labute approximate surface area is 258 Å². The number of aliphatic hydroxyl groups is 1. The summed E-state index contributed by atoms with van der Waals surface area (Å²) in [6, 6.07) is 7.02. The molecule has 1 aliphatic rings. The Morgan fingerprint density at radius 1 is 1.18 bits per heavy atom. The number of benzene rings is 2. The van der Waals surface area contributed by atoms with E-state index in [2.05, 4.69) is 15.2 Å². The fraction of sp³-hybridized carbons (Fsp3) is 0.414. The highest BCUT2D eigenvalue weighted by Crippen LogP contribution is 2.33. The lowest BCUT2D eigenvalue weighted by Gasteiger charge is -2.38. The lowest BCUT2D eigenvalue weighted by molar-refractivity contribution is -0.137. The molecule has 0 aliphatic carbocycles. The summed E-state index contributed by atoms with van der Waals surface area (Å²) < 4.78 is 78.6. The molecule has 0 fully saturated rings. The van der Waals surface area contributed by atoms with Crippen molar-refractivity contribution in [2.75, 3.05) is 36.8 Å². The molecule has 244 valence electrons. The number of anilines is 2. The number of rotatable bonds is 8. The van der Waals surface area contributed by atoms with Crippen LogP contribution in [0.1, 0.15) is 41.2 Å². The first-order valence-corrected chi connectivity index (χ1v) is 15.4. The molecule has 3 amide bonds. The van der Waals surface area contributed by atoms with Gasteiger partial charge in [-0.05, 0) is 63.2 Å². The van der Waals surface area contributed by atoms with Crippen LogP contribution in [-0.2, 0) is 16.2 Å². The molecule has 3 atom stereocenters. The van der Waals surface area contributed by atoms with Crippen molar-refractivity contribution in [2.24, 2.45) is 5.92 Å². The van der Waals surface area contributed by atoms with Crippen LogP contribution >= 0.6 is 0 Å². The average Bonchev–Trinajstić information content (AvgIpc) is 3.32. The number of carbonyl (C=O) groups is 2. The van der Waals surface area contributed by atoms with E-state index >= 15 is 0 Å². The number of sulfonamides is 1. The van der Waals surface area contributed by atoms with Gasteiger partial charge in [0, 0.05) is 30.9 Å². The lowest BCUT2D eigenvalue weighted by atomic mass is 9.99. The van der Waals surface area contributed by atoms with Crippen LogP contribution in [0.2, 0.25) is 0 Å². The number of fused-ring (bicyclic) bond motifs is 1. The van der Waals surface area contributed by atoms with Crippen LogP contribution in [-0.4, -0.2) is 79.3 Å². The third kappa shape index (κ3) is 7.50. The summed E-state index contributed by atoms with van der Waals surface area (Å²) in [6.07, 6.45) is -5.19. The topological polar surface area (TPSA) is 154 Å². The molecule has 3 N–H and O–H groups in total. The predicted octanol–water partition coefficient (Wildman–Crippen LogP) is 4.50. The van der Waals surface area contributed by atoms with Crippen LogP contribution in [0.25, 0.3) is 0 Å². The molecule has 45 heavy (non-hydrogen) atoms. The Hall–Kier alpha value is -4.31. The predicted molar refractivity (Wildman–Crippen MR) is 157 cm³/mol. The van der Waals surface area contributed by atoms with Crippen molar-refractivity contribution < 1.29 is 45.5 Å². The molecular formula is C29H34F3N5O7S. The van der Waals surface area contributed by atoms with Crippen LogP contribution in [0.5, 0.6) is 5.75 Å². The van der Waals surface area contributed by atoms with E-state index in [0.717, 1.165) is 24.3 Å². The zero-order chi connectivity index (χ0) is 33.3. The summed E-state index contributed by atoms with van der Waals surface area (Å²) in [5, 5.41) is 16.1. The van der Waals surface area contributed by atoms with E-state index in [1.54, 1.807) is 6.92 Å². The van der Waals surface area contributed by atoms with Crippen LogP contribution < -0.4 is 14.8 Å². The van der Waals surface area contributed by atoms with Crippen LogP contribution in [0.3, 0.4) is 0 Å². The molecule has 2 heterocycles. The smallest absolute Gasteiger partial charge is 0.416 e. The van der Waals surface area contributed by atoms with Gasteiger partial charge in [-0.25, -0.2) is 13.2 Å². The van der Waals surface area contributed by atoms with Crippen molar-refractivity contribution in [3.63, 3.8) is 0 Å². The van der Waals surface area contributed by atoms with Gasteiger partial charge in [0.05, 0.1) is 30.3 Å². The normalized spacial score (nSPS) is 17.9. The van der Waals surface area contributed by atoms with Gasteiger partial charge in [-0.3, -0.25) is 9.52 Å². The molecule has 0 unspecified atom stereocenters. The van der Waals surface area contributed by atoms with Gasteiger partial charge in [0.1, 0.15) is 17.5 Å². The molecule has 12 nitrogen and oxygen atoms in total. The second-order valence-electron chi connectivity index (χ2n) is 11.0. The van der Waals surface area contributed by atoms with Gasteiger partial charge in [-0.1, -0.05) is 12.1 Å². The number of hydrogen-bond acceptors (Lipinski definition) is 8. The van der Waals surface area contributed by atoms with E-state index in [0.29, 0.717) is 0 Å². The summed E-state index contributed by atoms with van der Waals surface area (Å²) in [4.78, 5) is 29.3. The SMILES string of the molecule is Cc1noc(C)c1S(=O)(=O)Nc1ccc2c(c1)C(=O)N([C@@H](C)CO)C[C@@H](C)[C@H](CN(C)C(=O)Nc1ccc(C(F)(F)F)cc1)O2. The molecule has 0 radical (unpaired) electrons. The molecule has 0 saturated heterocycles. The average molecular weight is 654 g/mol. The van der Waals surface area contributed by atoms with Crippen molar-refractivity contribution in [3.8, 4) is 5.75 Å². The molecule has 0 bridgehead atoms. The zero-order valence-electron chi connectivity index (χ0n) is 25.2. The van der Waals surface area contributed by atoms with E-state index in [9.17, 15) is 36.3 Å². The standard InChI is InChI=1S/C29H34F3N5O7S/c1-16-13-37(17(2)15-38)27(39)23-12-22(35-45(41,42)26-18(3)34-44-19(26)4)10-11-24(23)43-25(16)14-36(5)28(40)33-21-8-6-20(7-9-21)29(30,31)32/h6-12,16-17,25,35,38H,13-15H2,1-5H3,(H,33,40)/t16-,17+,25+/m1/s1. The van der Waals surface area contributed by atoms with Crippen LogP contribution in [0.15, 0.2) is 51.9 Å². The van der Waals surface area contributed by atoms with Crippen molar-refractivity contribution in [1.29, 1.82) is 0 Å². The second-order valence-corrected chi connectivity index (χ2v) is 12.6. The highest BCUT2D eigenvalue weighted by atomic mass is 32.2. The quantitative estimate of drug-likeness (QED) is 0.321. The number of aliphatic hydroxyl groups excluding tert-OH is 1. The Morgan fingerprint density at radius 3 is 2.40 bits per heavy atom. The Balaban J connectivity index is 1.59. The van der Waals surface area contributed by atoms with Crippen molar-refractivity contribution in [3.05, 3.63) is 65.0 Å². The maximum atomic E-state index is 13.7. The minimum Gasteiger partial charge on any atom is -0.487 e. The molecule has 3 aromatic rings. The molecular weight excluding hydrogens is 619 g/mol. The van der Waals surface area contributed by atoms with Gasteiger partial charge < -0.3 is 29.5 Å². The Morgan fingerprint density at radius 2 is 1.82 bits per heavy atom. The van der Waals surface area contributed by atoms with Crippen molar-refractivity contribution in [2.45, 2.75) is 50.9 Å².